The van der Waals surface area contributed by atoms with E-state index in [1.165, 1.54) is 0 Å². The number of nitrogen functional groups attached to an aromatic ring is 1. The maximum absolute atomic E-state index is 11.7. The van der Waals surface area contributed by atoms with Gasteiger partial charge in [0.05, 0.1) is 0 Å². The summed E-state index contributed by atoms with van der Waals surface area (Å²) in [5.41, 5.74) is 7.72. The lowest BCUT2D eigenvalue weighted by molar-refractivity contribution is 0.0945. The van der Waals surface area contributed by atoms with Crippen LogP contribution < -0.4 is 11.1 Å². The minimum absolute atomic E-state index is 0.187. The van der Waals surface area contributed by atoms with Crippen molar-refractivity contribution >= 4 is 11.6 Å². The number of hydrogen-bond acceptors (Lipinski definition) is 3. The Labute approximate surface area is 99.2 Å². The molecule has 88 valence electrons. The molecule has 0 aliphatic rings. The first-order chi connectivity index (χ1) is 8.15. The summed E-state index contributed by atoms with van der Waals surface area (Å²) in [5.74, 6) is -0.187. The summed E-state index contributed by atoms with van der Waals surface area (Å²) in [6.07, 6.45) is 1.73. The van der Waals surface area contributed by atoms with E-state index in [1.807, 2.05) is 24.3 Å². The number of aryl methyl sites for hydroxylation is 1. The molecular weight excluding hydrogens is 216 g/mol. The Balaban J connectivity index is 1.97. The van der Waals surface area contributed by atoms with Crippen LogP contribution in [0, 0.1) is 0 Å². The molecule has 0 aliphatic heterocycles. The number of benzene rings is 1. The second-order valence-electron chi connectivity index (χ2n) is 3.80. The van der Waals surface area contributed by atoms with Crippen molar-refractivity contribution in [3.63, 3.8) is 0 Å². The van der Waals surface area contributed by atoms with E-state index in [1.54, 1.807) is 24.0 Å². The van der Waals surface area contributed by atoms with Crippen molar-refractivity contribution in [3.8, 4) is 0 Å². The summed E-state index contributed by atoms with van der Waals surface area (Å²) in [5, 5.41) is 6.81. The molecule has 2 rings (SSSR count). The van der Waals surface area contributed by atoms with Gasteiger partial charge in [-0.1, -0.05) is 12.1 Å². The first-order valence-electron chi connectivity index (χ1n) is 5.27. The molecule has 5 heteroatoms. The molecule has 0 spiro atoms. The van der Waals surface area contributed by atoms with E-state index in [0.29, 0.717) is 17.9 Å². The standard InChI is InChI=1S/C12H14N4O/c1-16-6-5-11(15-16)12(17)14-8-9-3-2-4-10(13)7-9/h2-7H,8,13H2,1H3,(H,14,17). The number of nitrogens with one attached hydrogen (secondary N) is 1. The SMILES string of the molecule is Cn1ccc(C(=O)NCc2cccc(N)c2)n1. The van der Waals surface area contributed by atoms with Crippen molar-refractivity contribution in [1.82, 2.24) is 15.1 Å². The highest BCUT2D eigenvalue weighted by Gasteiger charge is 2.07. The van der Waals surface area contributed by atoms with Crippen LogP contribution in [0.2, 0.25) is 0 Å². The zero-order chi connectivity index (χ0) is 12.3. The maximum Gasteiger partial charge on any atom is 0.272 e. The normalized spacial score (nSPS) is 10.2. The molecule has 0 saturated heterocycles. The molecule has 0 saturated carbocycles. The van der Waals surface area contributed by atoms with Gasteiger partial charge in [0.1, 0.15) is 5.69 Å². The van der Waals surface area contributed by atoms with Crippen molar-refractivity contribution in [2.75, 3.05) is 5.73 Å². The number of carbonyl (C=O) groups is 1. The molecule has 1 aromatic carbocycles. The Morgan fingerprint density at radius 3 is 2.94 bits per heavy atom. The number of rotatable bonds is 3. The van der Waals surface area contributed by atoms with E-state index < -0.39 is 0 Å². The molecule has 0 aliphatic carbocycles. The lowest BCUT2D eigenvalue weighted by atomic mass is 10.2. The van der Waals surface area contributed by atoms with E-state index >= 15 is 0 Å². The van der Waals surface area contributed by atoms with E-state index in [4.69, 9.17) is 5.73 Å². The molecule has 0 atom stereocenters. The monoisotopic (exact) mass is 230 g/mol. The number of anilines is 1. The van der Waals surface area contributed by atoms with Gasteiger partial charge in [0.15, 0.2) is 0 Å². The maximum atomic E-state index is 11.7. The molecule has 0 bridgehead atoms. The van der Waals surface area contributed by atoms with Crippen LogP contribution in [-0.4, -0.2) is 15.7 Å². The Bertz CT molecular complexity index is 533. The zero-order valence-electron chi connectivity index (χ0n) is 9.55. The van der Waals surface area contributed by atoms with E-state index in [-0.39, 0.29) is 5.91 Å². The summed E-state index contributed by atoms with van der Waals surface area (Å²) in [6, 6.07) is 9.09. The molecule has 0 radical (unpaired) electrons. The minimum Gasteiger partial charge on any atom is -0.399 e. The summed E-state index contributed by atoms with van der Waals surface area (Å²) in [4.78, 5) is 11.7. The average Bonchev–Trinajstić information content (AvgIpc) is 2.73. The van der Waals surface area contributed by atoms with Gasteiger partial charge in [-0.2, -0.15) is 5.10 Å². The van der Waals surface area contributed by atoms with Gasteiger partial charge in [0, 0.05) is 25.5 Å². The van der Waals surface area contributed by atoms with Gasteiger partial charge < -0.3 is 11.1 Å². The van der Waals surface area contributed by atoms with E-state index in [9.17, 15) is 4.79 Å². The van der Waals surface area contributed by atoms with Crippen LogP contribution in [0.5, 0.6) is 0 Å². The van der Waals surface area contributed by atoms with Gasteiger partial charge in [-0.15, -0.1) is 0 Å². The molecule has 5 nitrogen and oxygen atoms in total. The number of amides is 1. The Kier molecular flexibility index (Phi) is 3.09. The molecule has 2 aromatic rings. The predicted octanol–water partition coefficient (Wildman–Crippen LogP) is 0.932. The summed E-state index contributed by atoms with van der Waals surface area (Å²) in [7, 11) is 1.77. The molecule has 3 N–H and O–H groups in total. The number of nitrogens with two attached hydrogens (primary N) is 1. The molecule has 0 fully saturated rings. The highest BCUT2D eigenvalue weighted by atomic mass is 16.1. The highest BCUT2D eigenvalue weighted by Crippen LogP contribution is 2.06. The fraction of sp³-hybridized carbons (Fsp3) is 0.167. The Morgan fingerprint density at radius 2 is 2.29 bits per heavy atom. The van der Waals surface area contributed by atoms with Gasteiger partial charge in [-0.05, 0) is 23.8 Å². The smallest absolute Gasteiger partial charge is 0.272 e. The number of hydrogen-bond donors (Lipinski definition) is 2. The molecule has 0 unspecified atom stereocenters. The minimum atomic E-state index is -0.187. The van der Waals surface area contributed by atoms with Crippen LogP contribution in [0.4, 0.5) is 5.69 Å². The second-order valence-corrected chi connectivity index (χ2v) is 3.80. The van der Waals surface area contributed by atoms with Gasteiger partial charge in [0.2, 0.25) is 0 Å². The fourth-order valence-electron chi connectivity index (χ4n) is 1.51. The predicted molar refractivity (Wildman–Crippen MR) is 65.2 cm³/mol. The topological polar surface area (TPSA) is 72.9 Å². The van der Waals surface area contributed by atoms with Crippen LogP contribution in [0.3, 0.4) is 0 Å². The average molecular weight is 230 g/mol. The summed E-state index contributed by atoms with van der Waals surface area (Å²) in [6.45, 7) is 0.445. The number of carbonyl (C=O) groups excluding carboxylic acids is 1. The van der Waals surface area contributed by atoms with Crippen molar-refractivity contribution in [1.29, 1.82) is 0 Å². The molecule has 1 amide bonds. The molecule has 1 aromatic heterocycles. The van der Waals surface area contributed by atoms with E-state index in [0.717, 1.165) is 5.56 Å². The van der Waals surface area contributed by atoms with Crippen molar-refractivity contribution in [2.45, 2.75) is 6.54 Å². The largest absolute Gasteiger partial charge is 0.399 e. The molecule has 1 heterocycles. The van der Waals surface area contributed by atoms with Crippen LogP contribution >= 0.6 is 0 Å². The third kappa shape index (κ3) is 2.84. The second kappa shape index (κ2) is 4.69. The fourth-order valence-corrected chi connectivity index (χ4v) is 1.51. The number of nitrogens with zero attached hydrogens (tertiary/aromatic N) is 2. The Hall–Kier alpha value is -2.30. The van der Waals surface area contributed by atoms with Crippen molar-refractivity contribution in [2.24, 2.45) is 7.05 Å². The quantitative estimate of drug-likeness (QED) is 0.770. The van der Waals surface area contributed by atoms with E-state index in [2.05, 4.69) is 10.4 Å². The first kappa shape index (κ1) is 11.2. The highest BCUT2D eigenvalue weighted by molar-refractivity contribution is 5.92. The van der Waals surface area contributed by atoms with Gasteiger partial charge in [0.25, 0.3) is 5.91 Å². The summed E-state index contributed by atoms with van der Waals surface area (Å²) < 4.78 is 1.59. The lowest BCUT2D eigenvalue weighted by Gasteiger charge is -2.04. The van der Waals surface area contributed by atoms with Crippen molar-refractivity contribution < 1.29 is 4.79 Å². The first-order valence-corrected chi connectivity index (χ1v) is 5.27. The van der Waals surface area contributed by atoms with Gasteiger partial charge in [-0.3, -0.25) is 9.48 Å². The number of aromatic nitrogens is 2. The van der Waals surface area contributed by atoms with Crippen LogP contribution in [0.25, 0.3) is 0 Å². The van der Waals surface area contributed by atoms with Crippen LogP contribution in [0.15, 0.2) is 36.5 Å². The third-order valence-electron chi connectivity index (χ3n) is 2.35. The Morgan fingerprint density at radius 1 is 1.47 bits per heavy atom. The van der Waals surface area contributed by atoms with Gasteiger partial charge in [-0.25, -0.2) is 0 Å². The zero-order valence-corrected chi connectivity index (χ0v) is 9.55. The summed E-state index contributed by atoms with van der Waals surface area (Å²) >= 11 is 0. The molecule has 17 heavy (non-hydrogen) atoms. The van der Waals surface area contributed by atoms with Crippen molar-refractivity contribution in [3.05, 3.63) is 47.8 Å². The van der Waals surface area contributed by atoms with Crippen LogP contribution in [-0.2, 0) is 13.6 Å². The van der Waals surface area contributed by atoms with Crippen LogP contribution in [0.1, 0.15) is 16.1 Å². The molecular formula is C12H14N4O. The lowest BCUT2D eigenvalue weighted by Crippen LogP contribution is -2.23. The third-order valence-corrected chi connectivity index (χ3v) is 2.35. The van der Waals surface area contributed by atoms with Gasteiger partial charge >= 0.3 is 0 Å².